The highest BCUT2D eigenvalue weighted by Gasteiger charge is 2.39. The van der Waals surface area contributed by atoms with Crippen LogP contribution in [-0.4, -0.2) is 60.0 Å². The molecule has 0 bridgehead atoms. The average molecular weight is 296 g/mol. The highest BCUT2D eigenvalue weighted by Crippen LogP contribution is 2.29. The van der Waals surface area contributed by atoms with Crippen molar-refractivity contribution in [1.29, 1.82) is 0 Å². The molecule has 0 aromatic rings. The Labute approximate surface area is 127 Å². The fraction of sp³-hybridized carbons (Fsp3) is 0.875. The predicted molar refractivity (Wildman–Crippen MR) is 80.8 cm³/mol. The monoisotopic (exact) mass is 296 g/mol. The second-order valence-electron chi connectivity index (χ2n) is 6.47. The third kappa shape index (κ3) is 3.76. The summed E-state index contributed by atoms with van der Waals surface area (Å²) in [6, 6.07) is 0.428. The number of hydrogen-bond acceptors (Lipinski definition) is 4. The van der Waals surface area contributed by atoms with Gasteiger partial charge in [-0.15, -0.1) is 0 Å². The first kappa shape index (κ1) is 16.3. The molecule has 1 atom stereocenters. The maximum absolute atomic E-state index is 12.8. The molecule has 21 heavy (non-hydrogen) atoms. The Morgan fingerprint density at radius 1 is 1.29 bits per heavy atom. The van der Waals surface area contributed by atoms with Gasteiger partial charge in [0.1, 0.15) is 0 Å². The second-order valence-corrected chi connectivity index (χ2v) is 6.47. The minimum Gasteiger partial charge on any atom is -0.468 e. The number of methoxy groups -OCH3 is 1. The van der Waals surface area contributed by atoms with Gasteiger partial charge in [-0.1, -0.05) is 12.8 Å². The summed E-state index contributed by atoms with van der Waals surface area (Å²) >= 11 is 0. The molecule has 2 fully saturated rings. The molecule has 0 unspecified atom stereocenters. The molecule has 2 aliphatic rings. The first-order chi connectivity index (χ1) is 10.0. The number of likely N-dealkylation sites (tertiary alicyclic amines) is 1. The first-order valence-electron chi connectivity index (χ1n) is 8.17. The Kier molecular flexibility index (Phi) is 5.62. The molecular formula is C16H28N2O3. The molecule has 1 heterocycles. The fourth-order valence-electron chi connectivity index (χ4n) is 3.64. The van der Waals surface area contributed by atoms with Crippen molar-refractivity contribution in [2.45, 2.75) is 70.5 Å². The van der Waals surface area contributed by atoms with Crippen LogP contribution in [-0.2, 0) is 14.3 Å². The van der Waals surface area contributed by atoms with E-state index in [9.17, 15) is 9.59 Å². The topological polar surface area (TPSA) is 49.9 Å². The summed E-state index contributed by atoms with van der Waals surface area (Å²) in [5, 5.41) is 0. The van der Waals surface area contributed by atoms with Gasteiger partial charge in [-0.3, -0.25) is 14.5 Å². The average Bonchev–Trinajstić information content (AvgIpc) is 2.98. The van der Waals surface area contributed by atoms with Crippen LogP contribution in [0.15, 0.2) is 0 Å². The van der Waals surface area contributed by atoms with Gasteiger partial charge in [0.05, 0.1) is 19.7 Å². The Balaban J connectivity index is 2.14. The molecule has 1 aliphatic carbocycles. The van der Waals surface area contributed by atoms with Gasteiger partial charge in [-0.05, 0) is 39.5 Å². The van der Waals surface area contributed by atoms with Crippen LogP contribution in [0.3, 0.4) is 0 Å². The molecule has 0 spiro atoms. The van der Waals surface area contributed by atoms with Crippen LogP contribution < -0.4 is 0 Å². The van der Waals surface area contributed by atoms with Crippen molar-refractivity contribution in [2.75, 3.05) is 20.2 Å². The van der Waals surface area contributed by atoms with Crippen molar-refractivity contribution < 1.29 is 14.3 Å². The Morgan fingerprint density at radius 2 is 1.95 bits per heavy atom. The van der Waals surface area contributed by atoms with Gasteiger partial charge >= 0.3 is 5.97 Å². The van der Waals surface area contributed by atoms with E-state index in [1.54, 1.807) is 0 Å². The lowest BCUT2D eigenvalue weighted by Crippen LogP contribution is -2.57. The SMILES string of the molecule is COC(=O)CN(C1CCCC1)[C@@H]1CCCN(C(C)C)C1=O. The third-order valence-electron chi connectivity index (χ3n) is 4.80. The molecule has 5 heteroatoms. The summed E-state index contributed by atoms with van der Waals surface area (Å²) in [7, 11) is 1.41. The Morgan fingerprint density at radius 3 is 2.52 bits per heavy atom. The standard InChI is InChI=1S/C16H28N2O3/c1-12(2)17-10-6-9-14(16(17)20)18(11-15(19)21-3)13-7-4-5-8-13/h12-14H,4-11H2,1-3H3/t14-/m1/s1. The lowest BCUT2D eigenvalue weighted by Gasteiger charge is -2.42. The number of ether oxygens (including phenoxy) is 1. The van der Waals surface area contributed by atoms with Crippen LogP contribution in [0.4, 0.5) is 0 Å². The van der Waals surface area contributed by atoms with Crippen LogP contribution in [0.1, 0.15) is 52.4 Å². The molecule has 5 nitrogen and oxygen atoms in total. The van der Waals surface area contributed by atoms with E-state index in [2.05, 4.69) is 18.7 Å². The number of nitrogens with zero attached hydrogens (tertiary/aromatic N) is 2. The number of piperidine rings is 1. The Hall–Kier alpha value is -1.10. The summed E-state index contributed by atoms with van der Waals surface area (Å²) in [4.78, 5) is 28.6. The fourth-order valence-corrected chi connectivity index (χ4v) is 3.64. The van der Waals surface area contributed by atoms with E-state index in [1.807, 2.05) is 4.90 Å². The molecule has 0 radical (unpaired) electrons. The molecule has 1 saturated carbocycles. The van der Waals surface area contributed by atoms with Crippen LogP contribution >= 0.6 is 0 Å². The van der Waals surface area contributed by atoms with Crippen molar-refractivity contribution in [2.24, 2.45) is 0 Å². The van der Waals surface area contributed by atoms with Gasteiger partial charge in [-0.2, -0.15) is 0 Å². The van der Waals surface area contributed by atoms with E-state index >= 15 is 0 Å². The maximum atomic E-state index is 12.8. The summed E-state index contributed by atoms with van der Waals surface area (Å²) in [6.07, 6.45) is 6.42. The lowest BCUT2D eigenvalue weighted by molar-refractivity contribution is -0.149. The van der Waals surface area contributed by atoms with Gasteiger partial charge in [-0.25, -0.2) is 0 Å². The normalized spacial score (nSPS) is 24.1. The second kappa shape index (κ2) is 7.25. The smallest absolute Gasteiger partial charge is 0.319 e. The summed E-state index contributed by atoms with van der Waals surface area (Å²) < 4.78 is 4.84. The van der Waals surface area contributed by atoms with Crippen molar-refractivity contribution in [3.05, 3.63) is 0 Å². The van der Waals surface area contributed by atoms with Gasteiger partial charge < -0.3 is 9.64 Å². The minimum atomic E-state index is -0.239. The summed E-state index contributed by atoms with van der Waals surface area (Å²) in [5.41, 5.74) is 0. The van der Waals surface area contributed by atoms with E-state index in [-0.39, 0.29) is 30.5 Å². The zero-order chi connectivity index (χ0) is 15.4. The third-order valence-corrected chi connectivity index (χ3v) is 4.80. The molecule has 120 valence electrons. The largest absolute Gasteiger partial charge is 0.468 e. The highest BCUT2D eigenvalue weighted by atomic mass is 16.5. The van der Waals surface area contributed by atoms with E-state index in [0.29, 0.717) is 6.04 Å². The quantitative estimate of drug-likeness (QED) is 0.726. The molecule has 1 aliphatic heterocycles. The number of carbonyl (C=O) groups excluding carboxylic acids is 2. The van der Waals surface area contributed by atoms with Gasteiger partial charge in [0.25, 0.3) is 0 Å². The molecule has 0 aromatic carbocycles. The predicted octanol–water partition coefficient (Wildman–Crippen LogP) is 1.80. The van der Waals surface area contributed by atoms with Crippen LogP contribution in [0.2, 0.25) is 0 Å². The number of carbonyl (C=O) groups is 2. The van der Waals surface area contributed by atoms with Gasteiger partial charge in [0.2, 0.25) is 5.91 Å². The number of hydrogen-bond donors (Lipinski definition) is 0. The van der Waals surface area contributed by atoms with Crippen molar-refractivity contribution >= 4 is 11.9 Å². The molecule has 2 rings (SSSR count). The molecule has 1 amide bonds. The van der Waals surface area contributed by atoms with Crippen LogP contribution in [0, 0.1) is 0 Å². The van der Waals surface area contributed by atoms with Crippen LogP contribution in [0.25, 0.3) is 0 Å². The van der Waals surface area contributed by atoms with E-state index in [0.717, 1.165) is 32.2 Å². The first-order valence-corrected chi connectivity index (χ1v) is 8.17. The summed E-state index contributed by atoms with van der Waals surface area (Å²) in [5.74, 6) is -0.0524. The zero-order valence-corrected chi connectivity index (χ0v) is 13.5. The molecular weight excluding hydrogens is 268 g/mol. The maximum Gasteiger partial charge on any atom is 0.319 e. The van der Waals surface area contributed by atoms with Crippen molar-refractivity contribution in [3.63, 3.8) is 0 Å². The summed E-state index contributed by atoms with van der Waals surface area (Å²) in [6.45, 7) is 5.19. The van der Waals surface area contributed by atoms with Crippen molar-refractivity contribution in [3.8, 4) is 0 Å². The molecule has 1 saturated heterocycles. The van der Waals surface area contributed by atoms with Gasteiger partial charge in [0.15, 0.2) is 0 Å². The Bertz CT molecular complexity index is 378. The van der Waals surface area contributed by atoms with E-state index in [4.69, 9.17) is 4.74 Å². The number of rotatable bonds is 5. The zero-order valence-electron chi connectivity index (χ0n) is 13.5. The van der Waals surface area contributed by atoms with E-state index < -0.39 is 0 Å². The van der Waals surface area contributed by atoms with Crippen molar-refractivity contribution in [1.82, 2.24) is 9.80 Å². The molecule has 0 aromatic heterocycles. The lowest BCUT2D eigenvalue weighted by atomic mass is 9.99. The van der Waals surface area contributed by atoms with Crippen LogP contribution in [0.5, 0.6) is 0 Å². The van der Waals surface area contributed by atoms with Gasteiger partial charge in [0, 0.05) is 18.6 Å². The highest BCUT2D eigenvalue weighted by molar-refractivity contribution is 5.83. The minimum absolute atomic E-state index is 0.150. The number of esters is 1. The molecule has 0 N–H and O–H groups in total. The number of amides is 1. The van der Waals surface area contributed by atoms with E-state index in [1.165, 1.54) is 20.0 Å².